The molecule has 0 amide bonds. The molecule has 110 valence electrons. The van der Waals surface area contributed by atoms with Gasteiger partial charge in [-0.3, -0.25) is 9.67 Å². The molecule has 0 spiro atoms. The molecule has 2 aliphatic rings. The van der Waals surface area contributed by atoms with E-state index in [4.69, 9.17) is 0 Å². The van der Waals surface area contributed by atoms with E-state index in [1.165, 1.54) is 20.4 Å². The van der Waals surface area contributed by atoms with Gasteiger partial charge in [0.25, 0.3) is 0 Å². The Kier molecular flexibility index (Phi) is 3.37. The van der Waals surface area contributed by atoms with Crippen LogP contribution in [-0.4, -0.2) is 26.9 Å². The third kappa shape index (κ3) is 2.29. The molecule has 3 heterocycles. The van der Waals surface area contributed by atoms with Crippen LogP contribution in [-0.2, 0) is 13.5 Å². The smallest absolute Gasteiger partial charge is 0.0755 e. The van der Waals surface area contributed by atoms with Gasteiger partial charge in [0.15, 0.2) is 0 Å². The molecule has 5 heteroatoms. The third-order valence-electron chi connectivity index (χ3n) is 4.04. The van der Waals surface area contributed by atoms with Crippen LogP contribution in [0.1, 0.15) is 16.7 Å². The van der Waals surface area contributed by atoms with Crippen molar-refractivity contribution in [3.63, 3.8) is 0 Å². The van der Waals surface area contributed by atoms with Crippen LogP contribution in [0.15, 0.2) is 54.1 Å². The molecular weight excluding hydrogens is 387 g/mol. The van der Waals surface area contributed by atoms with Gasteiger partial charge in [-0.25, -0.2) is 0 Å². The molecule has 2 aliphatic heterocycles. The summed E-state index contributed by atoms with van der Waals surface area (Å²) in [5, 5.41) is 4.25. The summed E-state index contributed by atoms with van der Waals surface area (Å²) in [6.07, 6.45) is 11.0. The van der Waals surface area contributed by atoms with Crippen molar-refractivity contribution in [1.29, 1.82) is 0 Å². The summed E-state index contributed by atoms with van der Waals surface area (Å²) < 4.78 is 3.14. The largest absolute Gasteiger partial charge is 0.346 e. The first-order valence-corrected chi connectivity index (χ1v) is 8.30. The van der Waals surface area contributed by atoms with Crippen LogP contribution in [0.25, 0.3) is 5.70 Å². The van der Waals surface area contributed by atoms with E-state index in [-0.39, 0.29) is 0 Å². The molecule has 0 aliphatic carbocycles. The minimum absolute atomic E-state index is 0.952. The Bertz CT molecular complexity index is 829. The molecule has 0 bridgehead atoms. The molecule has 4 rings (SSSR count). The lowest BCUT2D eigenvalue weighted by Crippen LogP contribution is -2.25. The summed E-state index contributed by atoms with van der Waals surface area (Å²) in [5.74, 6) is 0. The highest BCUT2D eigenvalue weighted by Gasteiger charge is 2.23. The van der Waals surface area contributed by atoms with Gasteiger partial charge in [-0.2, -0.15) is 5.10 Å². The number of fused-ring (bicyclic) bond motifs is 3. The Morgan fingerprint density at radius 1 is 1.27 bits per heavy atom. The van der Waals surface area contributed by atoms with Crippen molar-refractivity contribution in [2.45, 2.75) is 6.42 Å². The zero-order chi connectivity index (χ0) is 15.1. The molecule has 2 aromatic rings. The molecule has 22 heavy (non-hydrogen) atoms. The third-order valence-corrected chi connectivity index (χ3v) is 5.05. The fourth-order valence-corrected chi connectivity index (χ4v) is 3.72. The van der Waals surface area contributed by atoms with Gasteiger partial charge in [0, 0.05) is 46.9 Å². The van der Waals surface area contributed by atoms with Gasteiger partial charge >= 0.3 is 0 Å². The quantitative estimate of drug-likeness (QED) is 0.687. The number of allylic oxidation sites excluding steroid dienone is 1. The van der Waals surface area contributed by atoms with E-state index in [2.05, 4.69) is 68.1 Å². The number of aromatic nitrogens is 2. The normalized spacial score (nSPS) is 16.5. The van der Waals surface area contributed by atoms with Crippen molar-refractivity contribution in [2.24, 2.45) is 12.0 Å². The first kappa shape index (κ1) is 13.8. The first-order chi connectivity index (χ1) is 10.7. The fourth-order valence-electron chi connectivity index (χ4n) is 2.95. The minimum atomic E-state index is 0.952. The molecule has 0 saturated carbocycles. The molecule has 0 atom stereocenters. The summed E-state index contributed by atoms with van der Waals surface area (Å²) >= 11 is 2.43. The van der Waals surface area contributed by atoms with Crippen LogP contribution in [0.3, 0.4) is 0 Å². The van der Waals surface area contributed by atoms with Gasteiger partial charge in [-0.15, -0.1) is 0 Å². The first-order valence-electron chi connectivity index (χ1n) is 7.22. The summed E-state index contributed by atoms with van der Waals surface area (Å²) in [6.45, 7) is 0.991. The van der Waals surface area contributed by atoms with E-state index in [0.717, 1.165) is 24.2 Å². The highest BCUT2D eigenvalue weighted by Crippen LogP contribution is 2.33. The second-order valence-corrected chi connectivity index (χ2v) is 6.62. The molecule has 0 N–H and O–H groups in total. The zero-order valence-electron chi connectivity index (χ0n) is 12.2. The van der Waals surface area contributed by atoms with Crippen molar-refractivity contribution in [1.82, 2.24) is 14.7 Å². The summed E-state index contributed by atoms with van der Waals surface area (Å²) in [7, 11) is 1.92. The van der Waals surface area contributed by atoms with E-state index in [1.54, 1.807) is 4.68 Å². The van der Waals surface area contributed by atoms with Gasteiger partial charge in [-0.05, 0) is 46.7 Å². The van der Waals surface area contributed by atoms with Gasteiger partial charge < -0.3 is 4.90 Å². The molecule has 0 fully saturated rings. The van der Waals surface area contributed by atoms with E-state index in [0.29, 0.717) is 0 Å². The van der Waals surface area contributed by atoms with Crippen LogP contribution in [0.4, 0.5) is 0 Å². The summed E-state index contributed by atoms with van der Waals surface area (Å²) in [4.78, 5) is 6.87. The zero-order valence-corrected chi connectivity index (χ0v) is 14.4. The standard InChI is InChI=1S/C17H15IN4/c1-21-11-12(10-20-21)16-9-17-14-3-2-4-15(18)13(14)5-7-22(17)8-6-19-16/h2-4,6,8-11H,5,7H2,1H3. The number of hydrogen-bond acceptors (Lipinski definition) is 3. The molecule has 4 nitrogen and oxygen atoms in total. The van der Waals surface area contributed by atoms with Crippen molar-refractivity contribution in [3.05, 3.63) is 69.3 Å². The maximum absolute atomic E-state index is 4.59. The number of nitrogens with zero attached hydrogens (tertiary/aromatic N) is 4. The Hall–Kier alpha value is -1.89. The summed E-state index contributed by atoms with van der Waals surface area (Å²) in [6, 6.07) is 6.51. The fraction of sp³-hybridized carbons (Fsp3) is 0.176. The average molecular weight is 402 g/mol. The molecule has 0 radical (unpaired) electrons. The van der Waals surface area contributed by atoms with Crippen LogP contribution in [0.5, 0.6) is 0 Å². The van der Waals surface area contributed by atoms with Crippen LogP contribution in [0, 0.1) is 3.57 Å². The molecule has 0 unspecified atom stereocenters. The number of rotatable bonds is 1. The average Bonchev–Trinajstić information content (AvgIpc) is 2.82. The van der Waals surface area contributed by atoms with Crippen LogP contribution in [0.2, 0.25) is 0 Å². The molecule has 0 saturated heterocycles. The highest BCUT2D eigenvalue weighted by atomic mass is 127. The van der Waals surface area contributed by atoms with Crippen LogP contribution >= 0.6 is 22.6 Å². The molecule has 1 aromatic carbocycles. The Morgan fingerprint density at radius 3 is 3.00 bits per heavy atom. The van der Waals surface area contributed by atoms with Gasteiger partial charge in [-0.1, -0.05) is 12.1 Å². The molecular formula is C17H15IN4. The van der Waals surface area contributed by atoms with Gasteiger partial charge in [0.1, 0.15) is 0 Å². The molecule has 1 aromatic heterocycles. The second kappa shape index (κ2) is 5.39. The van der Waals surface area contributed by atoms with Crippen molar-refractivity contribution in [3.8, 4) is 0 Å². The number of hydrogen-bond donors (Lipinski definition) is 0. The Morgan fingerprint density at radius 2 is 2.18 bits per heavy atom. The van der Waals surface area contributed by atoms with Gasteiger partial charge in [0.05, 0.1) is 17.6 Å². The van der Waals surface area contributed by atoms with E-state index in [9.17, 15) is 0 Å². The van der Waals surface area contributed by atoms with Crippen molar-refractivity contribution < 1.29 is 0 Å². The number of aliphatic imine (C=N–C) groups is 1. The summed E-state index contributed by atoms with van der Waals surface area (Å²) in [5.41, 5.74) is 5.96. The lowest BCUT2D eigenvalue weighted by atomic mass is 9.95. The monoisotopic (exact) mass is 402 g/mol. The van der Waals surface area contributed by atoms with Crippen molar-refractivity contribution >= 4 is 34.0 Å². The SMILES string of the molecule is Cn1cc(C2=NC=CN3CCc4c(I)cccc4C3=C2)cn1. The highest BCUT2D eigenvalue weighted by molar-refractivity contribution is 14.1. The lowest BCUT2D eigenvalue weighted by Gasteiger charge is -2.30. The Labute approximate surface area is 143 Å². The number of benzene rings is 1. The van der Waals surface area contributed by atoms with Crippen LogP contribution < -0.4 is 0 Å². The lowest BCUT2D eigenvalue weighted by molar-refractivity contribution is 0.515. The predicted molar refractivity (Wildman–Crippen MR) is 96.4 cm³/mol. The van der Waals surface area contributed by atoms with E-state index in [1.807, 2.05) is 25.6 Å². The maximum atomic E-state index is 4.59. The van der Waals surface area contributed by atoms with E-state index < -0.39 is 0 Å². The second-order valence-electron chi connectivity index (χ2n) is 5.45. The maximum Gasteiger partial charge on any atom is 0.0755 e. The van der Waals surface area contributed by atoms with Gasteiger partial charge in [0.2, 0.25) is 0 Å². The van der Waals surface area contributed by atoms with E-state index >= 15 is 0 Å². The number of aryl methyl sites for hydroxylation is 1. The number of halogens is 1. The Balaban J connectivity index is 1.86. The minimum Gasteiger partial charge on any atom is -0.346 e. The topological polar surface area (TPSA) is 33.4 Å². The predicted octanol–water partition coefficient (Wildman–Crippen LogP) is 3.20. The van der Waals surface area contributed by atoms with Crippen molar-refractivity contribution in [2.75, 3.05) is 6.54 Å².